The molecule has 3 aliphatic rings. The van der Waals surface area contributed by atoms with Crippen molar-refractivity contribution in [2.75, 3.05) is 0 Å². The topological polar surface area (TPSA) is 40.5 Å². The van der Waals surface area contributed by atoms with Gasteiger partial charge in [-0.25, -0.2) is 0 Å². The van der Waals surface area contributed by atoms with Crippen LogP contribution in [-0.4, -0.2) is 21.4 Å². The van der Waals surface area contributed by atoms with Crippen molar-refractivity contribution in [2.45, 2.75) is 83.3 Å². The minimum absolute atomic E-state index is 0.114. The second-order valence-corrected chi connectivity index (χ2v) is 7.95. The predicted octanol–water partition coefficient (Wildman–Crippen LogP) is 3.26. The molecular weight excluding hydrogens is 224 g/mol. The minimum Gasteiger partial charge on any atom is -0.387 e. The van der Waals surface area contributed by atoms with Crippen molar-refractivity contribution in [3.05, 3.63) is 0 Å². The number of aliphatic hydroxyl groups is 2. The number of fused-ring (bicyclic) bond motifs is 2. The van der Waals surface area contributed by atoms with Gasteiger partial charge in [-0.3, -0.25) is 0 Å². The van der Waals surface area contributed by atoms with Crippen molar-refractivity contribution in [3.8, 4) is 0 Å². The van der Waals surface area contributed by atoms with Gasteiger partial charge in [0.1, 0.15) is 0 Å². The second kappa shape index (κ2) is 3.52. The van der Waals surface area contributed by atoms with Crippen molar-refractivity contribution >= 4 is 0 Å². The normalized spacial score (nSPS) is 49.5. The van der Waals surface area contributed by atoms with E-state index in [1.165, 1.54) is 12.8 Å². The Hall–Kier alpha value is -0.0800. The lowest BCUT2D eigenvalue weighted by molar-refractivity contribution is -0.228. The van der Waals surface area contributed by atoms with E-state index < -0.39 is 11.2 Å². The Bertz CT molecular complexity index is 356. The first kappa shape index (κ1) is 12.9. The van der Waals surface area contributed by atoms with E-state index in [-0.39, 0.29) is 10.8 Å². The highest BCUT2D eigenvalue weighted by atomic mass is 16.4. The van der Waals surface area contributed by atoms with E-state index >= 15 is 0 Å². The fraction of sp³-hybridized carbons (Fsp3) is 1.00. The van der Waals surface area contributed by atoms with Crippen LogP contribution in [0.4, 0.5) is 0 Å². The first-order chi connectivity index (χ1) is 8.27. The van der Waals surface area contributed by atoms with Gasteiger partial charge in [-0.15, -0.1) is 0 Å². The zero-order valence-electron chi connectivity index (χ0n) is 12.1. The van der Waals surface area contributed by atoms with Crippen LogP contribution < -0.4 is 0 Å². The smallest absolute Gasteiger partial charge is 0.0994 e. The molecule has 0 aromatic carbocycles. The van der Waals surface area contributed by atoms with Crippen LogP contribution in [0.15, 0.2) is 0 Å². The van der Waals surface area contributed by atoms with Gasteiger partial charge in [-0.1, -0.05) is 40.0 Å². The van der Waals surface area contributed by atoms with Crippen LogP contribution in [0.5, 0.6) is 0 Å². The van der Waals surface area contributed by atoms with Crippen molar-refractivity contribution < 1.29 is 10.2 Å². The van der Waals surface area contributed by atoms with E-state index in [1.807, 2.05) is 0 Å². The van der Waals surface area contributed by atoms with Crippen LogP contribution in [0.3, 0.4) is 0 Å². The maximum atomic E-state index is 11.4. The van der Waals surface area contributed by atoms with Crippen molar-refractivity contribution in [2.24, 2.45) is 16.7 Å². The summed E-state index contributed by atoms with van der Waals surface area (Å²) in [6, 6.07) is 0. The summed E-state index contributed by atoms with van der Waals surface area (Å²) in [7, 11) is 0. The molecule has 3 saturated carbocycles. The molecule has 0 aromatic heterocycles. The SMILES string of the molecule is CC1(C)C2CCC1(C)C(O)(C1(O)CCCCC1)C2. The van der Waals surface area contributed by atoms with Crippen LogP contribution in [0.25, 0.3) is 0 Å². The van der Waals surface area contributed by atoms with Crippen molar-refractivity contribution in [1.82, 2.24) is 0 Å². The number of hydrogen-bond acceptors (Lipinski definition) is 2. The zero-order valence-corrected chi connectivity index (χ0v) is 12.1. The summed E-state index contributed by atoms with van der Waals surface area (Å²) >= 11 is 0. The fourth-order valence-corrected chi connectivity index (χ4v) is 5.53. The first-order valence-corrected chi connectivity index (χ1v) is 7.72. The molecule has 3 atom stereocenters. The van der Waals surface area contributed by atoms with E-state index in [2.05, 4.69) is 20.8 Å². The van der Waals surface area contributed by atoms with Crippen LogP contribution >= 0.6 is 0 Å². The molecule has 2 heteroatoms. The zero-order chi connectivity index (χ0) is 13.2. The molecule has 3 aliphatic carbocycles. The minimum atomic E-state index is -0.854. The fourth-order valence-electron chi connectivity index (χ4n) is 5.53. The van der Waals surface area contributed by atoms with Gasteiger partial charge in [-0.05, 0) is 43.4 Å². The molecule has 2 bridgehead atoms. The monoisotopic (exact) mass is 252 g/mol. The summed E-state index contributed by atoms with van der Waals surface area (Å²) in [6.07, 6.45) is 8.05. The summed E-state index contributed by atoms with van der Waals surface area (Å²) in [5, 5.41) is 22.5. The maximum Gasteiger partial charge on any atom is 0.0994 e. The third kappa shape index (κ3) is 1.22. The molecule has 0 aliphatic heterocycles. The molecule has 2 N–H and O–H groups in total. The molecular formula is C16H28O2. The molecule has 3 rings (SSSR count). The largest absolute Gasteiger partial charge is 0.387 e. The Morgan fingerprint density at radius 3 is 1.94 bits per heavy atom. The Kier molecular flexibility index (Phi) is 2.53. The molecule has 18 heavy (non-hydrogen) atoms. The molecule has 0 spiro atoms. The molecule has 2 nitrogen and oxygen atoms in total. The molecule has 3 fully saturated rings. The summed E-state index contributed by atoms with van der Waals surface area (Å²) in [5.41, 5.74) is -1.63. The van der Waals surface area contributed by atoms with Gasteiger partial charge in [0.25, 0.3) is 0 Å². The highest BCUT2D eigenvalue weighted by Gasteiger charge is 2.73. The molecule has 3 unspecified atom stereocenters. The average molecular weight is 252 g/mol. The van der Waals surface area contributed by atoms with Gasteiger partial charge in [0.15, 0.2) is 0 Å². The van der Waals surface area contributed by atoms with Crippen molar-refractivity contribution in [3.63, 3.8) is 0 Å². The maximum absolute atomic E-state index is 11.4. The van der Waals surface area contributed by atoms with Gasteiger partial charge in [0, 0.05) is 5.41 Å². The third-order valence-corrected chi connectivity index (χ3v) is 7.34. The van der Waals surface area contributed by atoms with E-state index in [9.17, 15) is 10.2 Å². The summed E-state index contributed by atoms with van der Waals surface area (Å²) in [5.74, 6) is 0.582. The third-order valence-electron chi connectivity index (χ3n) is 7.34. The quantitative estimate of drug-likeness (QED) is 0.752. The van der Waals surface area contributed by atoms with E-state index in [4.69, 9.17) is 0 Å². The standard InChI is InChI=1S/C16H28O2/c1-13(2)12-7-10-14(13,3)16(18,11-12)15(17)8-5-4-6-9-15/h12,17-18H,4-11H2,1-3H3. The summed E-state index contributed by atoms with van der Waals surface area (Å²) < 4.78 is 0. The Morgan fingerprint density at radius 2 is 1.50 bits per heavy atom. The van der Waals surface area contributed by atoms with E-state index in [1.54, 1.807) is 0 Å². The van der Waals surface area contributed by atoms with Gasteiger partial charge in [0.05, 0.1) is 11.2 Å². The molecule has 0 heterocycles. The van der Waals surface area contributed by atoms with Gasteiger partial charge in [0.2, 0.25) is 0 Å². The molecule has 0 amide bonds. The van der Waals surface area contributed by atoms with Gasteiger partial charge >= 0.3 is 0 Å². The van der Waals surface area contributed by atoms with Crippen molar-refractivity contribution in [1.29, 1.82) is 0 Å². The Morgan fingerprint density at radius 1 is 0.889 bits per heavy atom. The summed E-state index contributed by atoms with van der Waals surface area (Å²) in [6.45, 7) is 6.83. The van der Waals surface area contributed by atoms with E-state index in [0.717, 1.165) is 38.5 Å². The lowest BCUT2D eigenvalue weighted by atomic mass is 9.56. The average Bonchev–Trinajstić information content (AvgIpc) is 2.62. The lowest BCUT2D eigenvalue weighted by Gasteiger charge is -2.55. The Labute approximate surface area is 111 Å². The van der Waals surface area contributed by atoms with Crippen LogP contribution in [0.1, 0.15) is 72.1 Å². The highest BCUT2D eigenvalue weighted by molar-refractivity contribution is 5.23. The molecule has 0 aromatic rings. The summed E-state index contributed by atoms with van der Waals surface area (Å²) in [4.78, 5) is 0. The van der Waals surface area contributed by atoms with E-state index in [0.29, 0.717) is 5.92 Å². The highest BCUT2D eigenvalue weighted by Crippen LogP contribution is 2.72. The Balaban J connectivity index is 2.01. The number of rotatable bonds is 1. The predicted molar refractivity (Wildman–Crippen MR) is 72.2 cm³/mol. The lowest BCUT2D eigenvalue weighted by Crippen LogP contribution is -2.63. The first-order valence-electron chi connectivity index (χ1n) is 7.72. The molecule has 104 valence electrons. The second-order valence-electron chi connectivity index (χ2n) is 7.95. The number of hydrogen-bond donors (Lipinski definition) is 2. The molecule has 0 saturated heterocycles. The van der Waals surface area contributed by atoms with Crippen LogP contribution in [0, 0.1) is 16.7 Å². The van der Waals surface area contributed by atoms with Crippen LogP contribution in [0.2, 0.25) is 0 Å². The van der Waals surface area contributed by atoms with Crippen LogP contribution in [-0.2, 0) is 0 Å². The van der Waals surface area contributed by atoms with Gasteiger partial charge in [-0.2, -0.15) is 0 Å². The van der Waals surface area contributed by atoms with Gasteiger partial charge < -0.3 is 10.2 Å². The molecule has 0 radical (unpaired) electrons.